The fourth-order valence-corrected chi connectivity index (χ4v) is 2.95. The molecule has 1 heterocycles. The molecule has 0 amide bonds. The normalized spacial score (nSPS) is 20.2. The highest BCUT2D eigenvalue weighted by Crippen LogP contribution is 2.23. The first-order chi connectivity index (χ1) is 8.25. The number of hydrogen-bond acceptors (Lipinski definition) is 2. The number of hydrogen-bond donors (Lipinski definition) is 2. The number of benzene rings is 1. The van der Waals surface area contributed by atoms with Crippen molar-refractivity contribution in [3.63, 3.8) is 0 Å². The molecule has 1 fully saturated rings. The second kappa shape index (κ2) is 6.41. The summed E-state index contributed by atoms with van der Waals surface area (Å²) in [7, 11) is 0. The average molecular weight is 297 g/mol. The molecule has 0 saturated carbocycles. The lowest BCUT2D eigenvalue weighted by Crippen LogP contribution is -2.35. The Morgan fingerprint density at radius 1 is 1.41 bits per heavy atom. The molecule has 1 aliphatic heterocycles. The lowest BCUT2D eigenvalue weighted by Gasteiger charge is -2.23. The van der Waals surface area contributed by atoms with Crippen molar-refractivity contribution in [1.29, 1.82) is 0 Å². The van der Waals surface area contributed by atoms with Crippen molar-refractivity contribution < 1.29 is 0 Å². The Balaban J connectivity index is 1.77. The van der Waals surface area contributed by atoms with E-state index in [4.69, 9.17) is 0 Å². The molecule has 0 aromatic heterocycles. The van der Waals surface area contributed by atoms with Crippen LogP contribution in [-0.4, -0.2) is 19.1 Å². The van der Waals surface area contributed by atoms with Gasteiger partial charge in [0.1, 0.15) is 0 Å². The lowest BCUT2D eigenvalue weighted by atomic mass is 10.0. The first-order valence-electron chi connectivity index (χ1n) is 6.49. The van der Waals surface area contributed by atoms with Gasteiger partial charge < -0.3 is 10.6 Å². The molecule has 1 aliphatic rings. The molecular weight excluding hydrogens is 276 g/mol. The fourth-order valence-electron chi connectivity index (χ4n) is 2.31. The highest BCUT2D eigenvalue weighted by molar-refractivity contribution is 9.10. The second-order valence-corrected chi connectivity index (χ2v) is 5.70. The van der Waals surface area contributed by atoms with Crippen molar-refractivity contribution in [2.75, 3.05) is 18.4 Å². The molecular formula is C14H21BrN2. The zero-order valence-corrected chi connectivity index (χ0v) is 12.0. The molecule has 1 aromatic carbocycles. The zero-order valence-electron chi connectivity index (χ0n) is 10.4. The lowest BCUT2D eigenvalue weighted by molar-refractivity contribution is 0.389. The summed E-state index contributed by atoms with van der Waals surface area (Å²) in [6, 6.07) is 7.15. The Hall–Kier alpha value is -0.540. The van der Waals surface area contributed by atoms with E-state index < -0.39 is 0 Å². The van der Waals surface area contributed by atoms with Crippen LogP contribution in [0.25, 0.3) is 0 Å². The summed E-state index contributed by atoms with van der Waals surface area (Å²) >= 11 is 3.60. The van der Waals surface area contributed by atoms with Crippen LogP contribution in [0.15, 0.2) is 22.7 Å². The Labute approximate surface area is 112 Å². The summed E-state index contributed by atoms with van der Waals surface area (Å²) in [5.74, 6) is 0. The van der Waals surface area contributed by atoms with Gasteiger partial charge in [0.05, 0.1) is 0 Å². The topological polar surface area (TPSA) is 24.1 Å². The second-order valence-electron chi connectivity index (χ2n) is 4.85. The van der Waals surface area contributed by atoms with Gasteiger partial charge in [0.15, 0.2) is 0 Å². The fraction of sp³-hybridized carbons (Fsp3) is 0.571. The third kappa shape index (κ3) is 4.00. The third-order valence-electron chi connectivity index (χ3n) is 3.35. The van der Waals surface area contributed by atoms with Crippen LogP contribution in [0.4, 0.5) is 5.69 Å². The van der Waals surface area contributed by atoms with E-state index in [1.54, 1.807) is 0 Å². The molecule has 94 valence electrons. The summed E-state index contributed by atoms with van der Waals surface area (Å²) in [5, 5.41) is 7.08. The van der Waals surface area contributed by atoms with E-state index in [2.05, 4.69) is 51.7 Å². The maximum Gasteiger partial charge on any atom is 0.0484 e. The first-order valence-corrected chi connectivity index (χ1v) is 7.28. The van der Waals surface area contributed by atoms with Crippen molar-refractivity contribution in [2.45, 2.75) is 38.6 Å². The van der Waals surface area contributed by atoms with Crippen LogP contribution in [0, 0.1) is 6.92 Å². The minimum absolute atomic E-state index is 0.709. The number of aryl methyl sites for hydroxylation is 1. The molecule has 0 spiro atoms. The van der Waals surface area contributed by atoms with Crippen molar-refractivity contribution in [3.8, 4) is 0 Å². The van der Waals surface area contributed by atoms with Crippen LogP contribution in [0.1, 0.15) is 31.2 Å². The number of anilines is 1. The average Bonchev–Trinajstić information content (AvgIpc) is 2.33. The highest BCUT2D eigenvalue weighted by atomic mass is 79.9. The standard InChI is InChI=1S/C14H21BrN2/c1-11-5-6-14(13(15)10-11)17-9-7-12-4-2-3-8-16-12/h5-6,10,12,16-17H,2-4,7-9H2,1H3. The quantitative estimate of drug-likeness (QED) is 0.885. The summed E-state index contributed by atoms with van der Waals surface area (Å²) in [6.45, 7) is 4.35. The minimum atomic E-state index is 0.709. The minimum Gasteiger partial charge on any atom is -0.384 e. The number of rotatable bonds is 4. The molecule has 2 nitrogen and oxygen atoms in total. The molecule has 2 rings (SSSR count). The molecule has 0 aliphatic carbocycles. The molecule has 0 radical (unpaired) electrons. The van der Waals surface area contributed by atoms with E-state index in [1.807, 2.05) is 0 Å². The predicted octanol–water partition coefficient (Wildman–Crippen LogP) is 3.70. The zero-order chi connectivity index (χ0) is 12.1. The molecule has 0 bridgehead atoms. The van der Waals surface area contributed by atoms with Gasteiger partial charge in [0.25, 0.3) is 0 Å². The van der Waals surface area contributed by atoms with Gasteiger partial charge in [-0.1, -0.05) is 12.5 Å². The van der Waals surface area contributed by atoms with Crippen LogP contribution in [0.3, 0.4) is 0 Å². The Morgan fingerprint density at radius 3 is 3.00 bits per heavy atom. The SMILES string of the molecule is Cc1ccc(NCCC2CCCCN2)c(Br)c1. The van der Waals surface area contributed by atoms with Crippen molar-refractivity contribution >= 4 is 21.6 Å². The van der Waals surface area contributed by atoms with Gasteiger partial charge in [-0.3, -0.25) is 0 Å². The Bertz CT molecular complexity index is 359. The molecule has 1 atom stereocenters. The van der Waals surface area contributed by atoms with Gasteiger partial charge in [-0.05, 0) is 66.4 Å². The molecule has 1 aromatic rings. The molecule has 1 unspecified atom stereocenters. The van der Waals surface area contributed by atoms with Gasteiger partial charge in [-0.25, -0.2) is 0 Å². The maximum atomic E-state index is 3.60. The van der Waals surface area contributed by atoms with E-state index in [0.717, 1.165) is 11.0 Å². The van der Waals surface area contributed by atoms with Gasteiger partial charge in [0, 0.05) is 22.7 Å². The highest BCUT2D eigenvalue weighted by Gasteiger charge is 2.11. The number of piperidine rings is 1. The van der Waals surface area contributed by atoms with Gasteiger partial charge in [0.2, 0.25) is 0 Å². The van der Waals surface area contributed by atoms with E-state index in [0.29, 0.717) is 6.04 Å². The smallest absolute Gasteiger partial charge is 0.0484 e. The number of nitrogens with one attached hydrogen (secondary N) is 2. The van der Waals surface area contributed by atoms with Gasteiger partial charge in [-0.2, -0.15) is 0 Å². The maximum absolute atomic E-state index is 3.60. The number of halogens is 1. The Kier molecular flexibility index (Phi) is 4.86. The predicted molar refractivity (Wildman–Crippen MR) is 77.6 cm³/mol. The van der Waals surface area contributed by atoms with Gasteiger partial charge in [-0.15, -0.1) is 0 Å². The molecule has 2 N–H and O–H groups in total. The van der Waals surface area contributed by atoms with E-state index in [9.17, 15) is 0 Å². The monoisotopic (exact) mass is 296 g/mol. The first kappa shape index (κ1) is 12.9. The summed E-state index contributed by atoms with van der Waals surface area (Å²) in [6.07, 6.45) is 5.26. The van der Waals surface area contributed by atoms with Crippen LogP contribution >= 0.6 is 15.9 Å². The van der Waals surface area contributed by atoms with Crippen molar-refractivity contribution in [2.24, 2.45) is 0 Å². The Morgan fingerprint density at radius 2 is 2.29 bits per heavy atom. The van der Waals surface area contributed by atoms with Crippen LogP contribution in [0.2, 0.25) is 0 Å². The van der Waals surface area contributed by atoms with E-state index in [1.165, 1.54) is 43.5 Å². The van der Waals surface area contributed by atoms with Crippen LogP contribution < -0.4 is 10.6 Å². The van der Waals surface area contributed by atoms with Crippen LogP contribution in [-0.2, 0) is 0 Å². The summed E-state index contributed by atoms with van der Waals surface area (Å²) in [4.78, 5) is 0. The largest absolute Gasteiger partial charge is 0.384 e. The van der Waals surface area contributed by atoms with Crippen molar-refractivity contribution in [3.05, 3.63) is 28.2 Å². The molecule has 3 heteroatoms. The van der Waals surface area contributed by atoms with E-state index in [-0.39, 0.29) is 0 Å². The van der Waals surface area contributed by atoms with Gasteiger partial charge >= 0.3 is 0 Å². The van der Waals surface area contributed by atoms with Crippen molar-refractivity contribution in [1.82, 2.24) is 5.32 Å². The molecule has 1 saturated heterocycles. The van der Waals surface area contributed by atoms with Crippen LogP contribution in [0.5, 0.6) is 0 Å². The third-order valence-corrected chi connectivity index (χ3v) is 4.00. The molecule has 17 heavy (non-hydrogen) atoms. The summed E-state index contributed by atoms with van der Waals surface area (Å²) in [5.41, 5.74) is 2.49. The summed E-state index contributed by atoms with van der Waals surface area (Å²) < 4.78 is 1.16. The van der Waals surface area contributed by atoms with E-state index >= 15 is 0 Å².